The normalized spacial score (nSPS) is 17.7. The van der Waals surface area contributed by atoms with Crippen LogP contribution in [-0.2, 0) is 0 Å². The molecule has 4 rings (SSSR count). The second kappa shape index (κ2) is 9.59. The number of hydrogen-bond acceptors (Lipinski definition) is 7. The molecular formula is C20H25Cl2N7. The summed E-state index contributed by atoms with van der Waals surface area (Å²) in [6.07, 6.45) is 8.76. The predicted molar refractivity (Wildman–Crippen MR) is 120 cm³/mol. The molecule has 2 aromatic rings. The van der Waals surface area contributed by atoms with Crippen LogP contribution < -0.4 is 15.2 Å². The third kappa shape index (κ3) is 5.08. The Morgan fingerprint density at radius 2 is 1.31 bits per heavy atom. The van der Waals surface area contributed by atoms with Crippen LogP contribution >= 0.6 is 23.2 Å². The molecule has 0 bridgehead atoms. The smallest absolute Gasteiger partial charge is 0.250 e. The van der Waals surface area contributed by atoms with Crippen molar-refractivity contribution in [3.63, 3.8) is 0 Å². The monoisotopic (exact) mass is 433 g/mol. The Kier molecular flexibility index (Phi) is 6.67. The number of halogens is 2. The first kappa shape index (κ1) is 20.2. The van der Waals surface area contributed by atoms with Crippen molar-refractivity contribution >= 4 is 47.3 Å². The molecule has 2 saturated heterocycles. The number of anilines is 3. The maximum absolute atomic E-state index is 6.21. The first-order chi connectivity index (χ1) is 14.2. The quantitative estimate of drug-likeness (QED) is 0.548. The molecule has 0 radical (unpaired) electrons. The van der Waals surface area contributed by atoms with Crippen LogP contribution in [0.25, 0.3) is 0 Å². The van der Waals surface area contributed by atoms with Crippen LogP contribution in [0.15, 0.2) is 23.3 Å². The zero-order chi connectivity index (χ0) is 20.1. The van der Waals surface area contributed by atoms with Crippen LogP contribution in [-0.4, -0.2) is 47.3 Å². The van der Waals surface area contributed by atoms with E-state index in [0.29, 0.717) is 33.5 Å². The Morgan fingerprint density at radius 1 is 0.793 bits per heavy atom. The summed E-state index contributed by atoms with van der Waals surface area (Å²) in [5.41, 5.74) is 3.60. The van der Waals surface area contributed by atoms with E-state index in [1.165, 1.54) is 12.8 Å². The Hall–Kier alpha value is -2.12. The Balaban J connectivity index is 1.58. The third-order valence-electron chi connectivity index (χ3n) is 5.25. The van der Waals surface area contributed by atoms with Gasteiger partial charge in [-0.05, 0) is 50.7 Å². The second-order valence-electron chi connectivity index (χ2n) is 7.36. The molecule has 0 spiro atoms. The lowest BCUT2D eigenvalue weighted by atomic mass is 10.1. The van der Waals surface area contributed by atoms with E-state index < -0.39 is 0 Å². The fourth-order valence-corrected chi connectivity index (χ4v) is 4.16. The summed E-state index contributed by atoms with van der Waals surface area (Å²) in [5, 5.41) is 5.36. The van der Waals surface area contributed by atoms with Crippen molar-refractivity contribution < 1.29 is 0 Å². The van der Waals surface area contributed by atoms with E-state index in [1.54, 1.807) is 24.4 Å². The van der Waals surface area contributed by atoms with Crippen LogP contribution in [0.4, 0.5) is 17.8 Å². The van der Waals surface area contributed by atoms with E-state index in [1.807, 2.05) is 0 Å². The highest BCUT2D eigenvalue weighted by Gasteiger charge is 2.20. The summed E-state index contributed by atoms with van der Waals surface area (Å²) in [5.74, 6) is 1.86. The van der Waals surface area contributed by atoms with Crippen molar-refractivity contribution in [2.75, 3.05) is 41.4 Å². The highest BCUT2D eigenvalue weighted by molar-refractivity contribution is 6.38. The van der Waals surface area contributed by atoms with Crippen LogP contribution in [0.1, 0.15) is 44.1 Å². The minimum absolute atomic E-state index is 0.431. The van der Waals surface area contributed by atoms with Gasteiger partial charge in [-0.25, -0.2) is 5.43 Å². The average molecular weight is 434 g/mol. The molecule has 0 aliphatic carbocycles. The fourth-order valence-electron chi connectivity index (χ4n) is 3.66. The van der Waals surface area contributed by atoms with Gasteiger partial charge in [0.2, 0.25) is 17.8 Å². The van der Waals surface area contributed by atoms with Crippen LogP contribution in [0.2, 0.25) is 10.0 Å². The van der Waals surface area contributed by atoms with Gasteiger partial charge in [-0.1, -0.05) is 29.3 Å². The van der Waals surface area contributed by atoms with E-state index in [-0.39, 0.29) is 0 Å². The highest BCUT2D eigenvalue weighted by Crippen LogP contribution is 2.24. The number of aromatic nitrogens is 3. The number of hydrazone groups is 1. The van der Waals surface area contributed by atoms with Crippen LogP contribution in [0.5, 0.6) is 0 Å². The standard InChI is InChI=1S/C20H25Cl2N7/c21-16-8-7-9-17(22)15(16)14-23-27-18-24-19(28-10-3-1-4-11-28)26-20(25-18)29-12-5-2-6-13-29/h7-9,14H,1-6,10-13H2,(H,24,25,26,27)/b23-14+. The topological polar surface area (TPSA) is 69.5 Å². The van der Waals surface area contributed by atoms with E-state index in [0.717, 1.165) is 51.9 Å². The highest BCUT2D eigenvalue weighted by atomic mass is 35.5. The van der Waals surface area contributed by atoms with Crippen molar-refractivity contribution in [1.29, 1.82) is 0 Å². The van der Waals surface area contributed by atoms with E-state index in [2.05, 4.69) is 30.3 Å². The van der Waals surface area contributed by atoms with Gasteiger partial charge in [0.1, 0.15) is 0 Å². The van der Waals surface area contributed by atoms with E-state index in [9.17, 15) is 0 Å². The number of nitrogens with one attached hydrogen (secondary N) is 1. The number of rotatable bonds is 5. The molecule has 1 aromatic carbocycles. The van der Waals surface area contributed by atoms with Gasteiger partial charge in [-0.2, -0.15) is 20.1 Å². The minimum Gasteiger partial charge on any atom is -0.341 e. The van der Waals surface area contributed by atoms with Gasteiger partial charge >= 0.3 is 0 Å². The molecule has 1 aromatic heterocycles. The summed E-state index contributed by atoms with van der Waals surface area (Å²) in [6.45, 7) is 3.89. The molecule has 0 amide bonds. The fraction of sp³-hybridized carbons (Fsp3) is 0.500. The first-order valence-corrected chi connectivity index (χ1v) is 11.0. The summed E-state index contributed by atoms with van der Waals surface area (Å²) >= 11 is 12.4. The molecule has 3 heterocycles. The lowest BCUT2D eigenvalue weighted by Gasteiger charge is -2.30. The number of benzene rings is 1. The summed E-state index contributed by atoms with van der Waals surface area (Å²) in [6, 6.07) is 5.36. The van der Waals surface area contributed by atoms with Crippen LogP contribution in [0.3, 0.4) is 0 Å². The molecule has 0 unspecified atom stereocenters. The predicted octanol–water partition coefficient (Wildman–Crippen LogP) is 4.61. The molecule has 0 saturated carbocycles. The molecule has 2 fully saturated rings. The molecule has 2 aliphatic rings. The molecule has 0 atom stereocenters. The summed E-state index contributed by atoms with van der Waals surface area (Å²) in [7, 11) is 0. The Morgan fingerprint density at radius 3 is 1.83 bits per heavy atom. The third-order valence-corrected chi connectivity index (χ3v) is 5.91. The number of piperidine rings is 2. The van der Waals surface area contributed by atoms with Gasteiger partial charge < -0.3 is 9.80 Å². The van der Waals surface area contributed by atoms with Gasteiger partial charge in [0.15, 0.2) is 0 Å². The average Bonchev–Trinajstić information content (AvgIpc) is 2.77. The number of nitrogens with zero attached hydrogens (tertiary/aromatic N) is 6. The van der Waals surface area contributed by atoms with E-state index >= 15 is 0 Å². The van der Waals surface area contributed by atoms with Crippen LogP contribution in [0, 0.1) is 0 Å². The number of hydrogen-bond donors (Lipinski definition) is 1. The molecule has 7 nitrogen and oxygen atoms in total. The summed E-state index contributed by atoms with van der Waals surface area (Å²) in [4.78, 5) is 18.5. The van der Waals surface area contributed by atoms with Gasteiger partial charge in [0.05, 0.1) is 16.3 Å². The largest absolute Gasteiger partial charge is 0.341 e. The lowest BCUT2D eigenvalue weighted by Crippen LogP contribution is -2.34. The maximum Gasteiger partial charge on any atom is 0.250 e. The molecule has 2 aliphatic heterocycles. The first-order valence-electron chi connectivity index (χ1n) is 10.2. The van der Waals surface area contributed by atoms with Gasteiger partial charge in [-0.3, -0.25) is 0 Å². The van der Waals surface area contributed by atoms with Crippen molar-refractivity contribution in [3.8, 4) is 0 Å². The SMILES string of the molecule is Clc1cccc(Cl)c1/C=N/Nc1nc(N2CCCCC2)nc(N2CCCCC2)n1. The zero-order valence-electron chi connectivity index (χ0n) is 16.3. The molecule has 1 N–H and O–H groups in total. The maximum atomic E-state index is 6.21. The molecule has 154 valence electrons. The van der Waals surface area contributed by atoms with Gasteiger partial charge in [0.25, 0.3) is 0 Å². The second-order valence-corrected chi connectivity index (χ2v) is 8.17. The van der Waals surface area contributed by atoms with Gasteiger partial charge in [-0.15, -0.1) is 0 Å². The molecular weight excluding hydrogens is 409 g/mol. The Labute approximate surface area is 181 Å². The molecule has 9 heteroatoms. The minimum atomic E-state index is 0.431. The zero-order valence-corrected chi connectivity index (χ0v) is 17.8. The van der Waals surface area contributed by atoms with Gasteiger partial charge in [0, 0.05) is 31.7 Å². The lowest BCUT2D eigenvalue weighted by molar-refractivity contribution is 0.556. The van der Waals surface area contributed by atoms with Crippen molar-refractivity contribution in [2.24, 2.45) is 5.10 Å². The van der Waals surface area contributed by atoms with Crippen molar-refractivity contribution in [3.05, 3.63) is 33.8 Å². The van der Waals surface area contributed by atoms with E-state index in [4.69, 9.17) is 28.2 Å². The summed E-state index contributed by atoms with van der Waals surface area (Å²) < 4.78 is 0. The van der Waals surface area contributed by atoms with Crippen molar-refractivity contribution in [1.82, 2.24) is 15.0 Å². The Bertz CT molecular complexity index is 805. The van der Waals surface area contributed by atoms with Crippen molar-refractivity contribution in [2.45, 2.75) is 38.5 Å². The molecule has 29 heavy (non-hydrogen) atoms.